The smallest absolute Gasteiger partial charge is 0.0470 e. The van der Waals surface area contributed by atoms with Crippen LogP contribution in [0.5, 0.6) is 0 Å². The van der Waals surface area contributed by atoms with E-state index in [0.717, 1.165) is 24.3 Å². The van der Waals surface area contributed by atoms with Crippen molar-refractivity contribution < 1.29 is 0 Å². The SMILES string of the molecule is Clc1ccc(CNc2cccc(N3CCCC3)c2)c(Cl)c1. The van der Waals surface area contributed by atoms with Crippen LogP contribution in [0.3, 0.4) is 0 Å². The molecule has 0 aliphatic carbocycles. The van der Waals surface area contributed by atoms with Gasteiger partial charge in [0.25, 0.3) is 0 Å². The third kappa shape index (κ3) is 3.63. The summed E-state index contributed by atoms with van der Waals surface area (Å²) in [6.45, 7) is 3.01. The van der Waals surface area contributed by atoms with Crippen LogP contribution < -0.4 is 10.2 Å². The van der Waals surface area contributed by atoms with Gasteiger partial charge in [0.15, 0.2) is 0 Å². The molecule has 1 aliphatic heterocycles. The molecule has 3 rings (SSSR count). The Kier molecular flexibility index (Phi) is 4.57. The summed E-state index contributed by atoms with van der Waals surface area (Å²) in [5.41, 5.74) is 3.46. The van der Waals surface area contributed by atoms with Gasteiger partial charge in [-0.3, -0.25) is 0 Å². The number of anilines is 2. The molecule has 1 fully saturated rings. The average molecular weight is 321 g/mol. The Bertz CT molecular complexity index is 622. The van der Waals surface area contributed by atoms with E-state index < -0.39 is 0 Å². The molecule has 4 heteroatoms. The summed E-state index contributed by atoms with van der Waals surface area (Å²) in [6, 6.07) is 14.2. The predicted molar refractivity (Wildman–Crippen MR) is 91.7 cm³/mol. The van der Waals surface area contributed by atoms with E-state index >= 15 is 0 Å². The number of rotatable bonds is 4. The minimum Gasteiger partial charge on any atom is -0.381 e. The summed E-state index contributed by atoms with van der Waals surface area (Å²) in [5, 5.41) is 4.80. The summed E-state index contributed by atoms with van der Waals surface area (Å²) in [7, 11) is 0. The van der Waals surface area contributed by atoms with Crippen LogP contribution in [0.25, 0.3) is 0 Å². The minimum atomic E-state index is 0.666. The maximum absolute atomic E-state index is 6.20. The number of hydrogen-bond acceptors (Lipinski definition) is 2. The predicted octanol–water partition coefficient (Wildman–Crippen LogP) is 5.21. The van der Waals surface area contributed by atoms with Crippen LogP contribution in [0, 0.1) is 0 Å². The summed E-state index contributed by atoms with van der Waals surface area (Å²) in [5.74, 6) is 0. The Morgan fingerprint density at radius 3 is 2.57 bits per heavy atom. The van der Waals surface area contributed by atoms with Gasteiger partial charge in [0, 0.05) is 41.1 Å². The normalized spacial score (nSPS) is 14.5. The quantitative estimate of drug-likeness (QED) is 0.832. The number of hydrogen-bond donors (Lipinski definition) is 1. The molecule has 0 bridgehead atoms. The molecule has 0 spiro atoms. The van der Waals surface area contributed by atoms with E-state index in [1.165, 1.54) is 18.5 Å². The van der Waals surface area contributed by atoms with Gasteiger partial charge >= 0.3 is 0 Å². The molecule has 1 aliphatic rings. The minimum absolute atomic E-state index is 0.666. The van der Waals surface area contributed by atoms with Gasteiger partial charge in [-0.1, -0.05) is 35.3 Å². The second kappa shape index (κ2) is 6.59. The Morgan fingerprint density at radius 2 is 1.81 bits per heavy atom. The van der Waals surface area contributed by atoms with Crippen molar-refractivity contribution in [3.05, 3.63) is 58.1 Å². The molecule has 1 saturated heterocycles. The van der Waals surface area contributed by atoms with Crippen molar-refractivity contribution in [1.82, 2.24) is 0 Å². The van der Waals surface area contributed by atoms with Gasteiger partial charge in [0.2, 0.25) is 0 Å². The molecule has 0 amide bonds. The van der Waals surface area contributed by atoms with Crippen molar-refractivity contribution in [2.75, 3.05) is 23.3 Å². The second-order valence-electron chi connectivity index (χ2n) is 5.33. The Hall–Kier alpha value is -1.38. The van der Waals surface area contributed by atoms with Gasteiger partial charge in [-0.15, -0.1) is 0 Å². The van der Waals surface area contributed by atoms with Gasteiger partial charge in [-0.05, 0) is 48.7 Å². The standard InChI is InChI=1S/C17H18Cl2N2/c18-14-7-6-13(17(19)10-14)12-20-15-4-3-5-16(11-15)21-8-1-2-9-21/h3-7,10-11,20H,1-2,8-9,12H2. The van der Waals surface area contributed by atoms with Crippen LogP contribution in [0.2, 0.25) is 10.0 Å². The lowest BCUT2D eigenvalue weighted by Crippen LogP contribution is -2.17. The molecule has 1 N–H and O–H groups in total. The van der Waals surface area contributed by atoms with Crippen molar-refractivity contribution in [3.8, 4) is 0 Å². The van der Waals surface area contributed by atoms with E-state index in [1.807, 2.05) is 12.1 Å². The molecule has 2 aromatic carbocycles. The van der Waals surface area contributed by atoms with E-state index in [0.29, 0.717) is 16.6 Å². The summed E-state index contributed by atoms with van der Waals surface area (Å²) in [4.78, 5) is 2.43. The zero-order chi connectivity index (χ0) is 14.7. The molecule has 0 atom stereocenters. The van der Waals surface area contributed by atoms with Gasteiger partial charge in [-0.25, -0.2) is 0 Å². The first-order chi connectivity index (χ1) is 10.2. The highest BCUT2D eigenvalue weighted by Crippen LogP contribution is 2.25. The zero-order valence-corrected chi connectivity index (χ0v) is 13.3. The first-order valence-electron chi connectivity index (χ1n) is 7.25. The Balaban J connectivity index is 1.68. The molecule has 2 nitrogen and oxygen atoms in total. The number of nitrogens with one attached hydrogen (secondary N) is 1. The Morgan fingerprint density at radius 1 is 1.00 bits per heavy atom. The lowest BCUT2D eigenvalue weighted by molar-refractivity contribution is 0.949. The van der Waals surface area contributed by atoms with E-state index in [2.05, 4.69) is 34.5 Å². The number of benzene rings is 2. The topological polar surface area (TPSA) is 15.3 Å². The number of halogens is 2. The van der Waals surface area contributed by atoms with Crippen molar-refractivity contribution in [2.24, 2.45) is 0 Å². The molecule has 0 saturated carbocycles. The maximum Gasteiger partial charge on any atom is 0.0470 e. The highest BCUT2D eigenvalue weighted by Gasteiger charge is 2.12. The molecule has 110 valence electrons. The van der Waals surface area contributed by atoms with Crippen LogP contribution >= 0.6 is 23.2 Å². The van der Waals surface area contributed by atoms with E-state index in [-0.39, 0.29) is 0 Å². The summed E-state index contributed by atoms with van der Waals surface area (Å²) in [6.07, 6.45) is 2.58. The third-order valence-electron chi connectivity index (χ3n) is 3.82. The van der Waals surface area contributed by atoms with Crippen molar-refractivity contribution >= 4 is 34.6 Å². The molecule has 2 aromatic rings. The van der Waals surface area contributed by atoms with Gasteiger partial charge in [-0.2, -0.15) is 0 Å². The first-order valence-corrected chi connectivity index (χ1v) is 8.01. The summed E-state index contributed by atoms with van der Waals surface area (Å²) >= 11 is 12.1. The van der Waals surface area contributed by atoms with Crippen LogP contribution in [-0.4, -0.2) is 13.1 Å². The number of nitrogens with zero attached hydrogens (tertiary/aromatic N) is 1. The second-order valence-corrected chi connectivity index (χ2v) is 6.18. The van der Waals surface area contributed by atoms with Gasteiger partial charge in [0.1, 0.15) is 0 Å². The maximum atomic E-state index is 6.20. The average Bonchev–Trinajstić information content (AvgIpc) is 3.01. The Labute approximate surface area is 135 Å². The molecule has 1 heterocycles. The van der Waals surface area contributed by atoms with E-state index in [9.17, 15) is 0 Å². The fraction of sp³-hybridized carbons (Fsp3) is 0.294. The van der Waals surface area contributed by atoms with Crippen LogP contribution in [-0.2, 0) is 6.54 Å². The molecular formula is C17H18Cl2N2. The van der Waals surface area contributed by atoms with Crippen LogP contribution in [0.1, 0.15) is 18.4 Å². The van der Waals surface area contributed by atoms with E-state index in [4.69, 9.17) is 23.2 Å². The van der Waals surface area contributed by atoms with Crippen LogP contribution in [0.4, 0.5) is 11.4 Å². The van der Waals surface area contributed by atoms with Crippen LogP contribution in [0.15, 0.2) is 42.5 Å². The highest BCUT2D eigenvalue weighted by atomic mass is 35.5. The monoisotopic (exact) mass is 320 g/mol. The fourth-order valence-corrected chi connectivity index (χ4v) is 3.13. The lowest BCUT2D eigenvalue weighted by atomic mass is 10.2. The molecule has 0 radical (unpaired) electrons. The van der Waals surface area contributed by atoms with Crippen molar-refractivity contribution in [2.45, 2.75) is 19.4 Å². The highest BCUT2D eigenvalue weighted by molar-refractivity contribution is 6.35. The molecule has 0 unspecified atom stereocenters. The van der Waals surface area contributed by atoms with Crippen molar-refractivity contribution in [3.63, 3.8) is 0 Å². The molecule has 21 heavy (non-hydrogen) atoms. The largest absolute Gasteiger partial charge is 0.381 e. The van der Waals surface area contributed by atoms with Gasteiger partial charge < -0.3 is 10.2 Å². The lowest BCUT2D eigenvalue weighted by Gasteiger charge is -2.18. The third-order valence-corrected chi connectivity index (χ3v) is 4.40. The zero-order valence-electron chi connectivity index (χ0n) is 11.8. The van der Waals surface area contributed by atoms with E-state index in [1.54, 1.807) is 6.07 Å². The summed E-state index contributed by atoms with van der Waals surface area (Å²) < 4.78 is 0. The first kappa shape index (κ1) is 14.6. The molecular weight excluding hydrogens is 303 g/mol. The van der Waals surface area contributed by atoms with Crippen molar-refractivity contribution in [1.29, 1.82) is 0 Å². The van der Waals surface area contributed by atoms with Gasteiger partial charge in [0.05, 0.1) is 0 Å². The fourth-order valence-electron chi connectivity index (χ4n) is 2.65. The molecule has 0 aromatic heterocycles.